The van der Waals surface area contributed by atoms with Gasteiger partial charge in [0, 0.05) is 36.6 Å². The molecule has 46 heavy (non-hydrogen) atoms. The molecule has 3 aromatic rings. The number of rotatable bonds is 10. The van der Waals surface area contributed by atoms with E-state index in [-0.39, 0.29) is 22.6 Å². The molecule has 2 aliphatic heterocycles. The summed E-state index contributed by atoms with van der Waals surface area (Å²) in [4.78, 5) is 54.3. The van der Waals surface area contributed by atoms with Gasteiger partial charge in [0.05, 0.1) is 4.92 Å². The molecule has 0 N–H and O–H groups in total. The van der Waals surface area contributed by atoms with E-state index in [9.17, 15) is 37.7 Å². The molecule has 3 aromatic carbocycles. The molecule has 5 rings (SSSR count). The van der Waals surface area contributed by atoms with Crippen molar-refractivity contribution in [3.63, 3.8) is 0 Å². The lowest BCUT2D eigenvalue weighted by atomic mass is 9.98. The SMILES string of the molecule is CC(=O)OCC1=C(C(=O)OC(c2ccccc2)c2ccccc2)N2C(=O)C(N=Cc3ccc([N+](=O)[O-])cc3)(OC(F)(F)F)[C@H]2SC1. The van der Waals surface area contributed by atoms with Crippen LogP contribution < -0.4 is 0 Å². The summed E-state index contributed by atoms with van der Waals surface area (Å²) in [6.07, 6.45) is -5.34. The van der Waals surface area contributed by atoms with Crippen LogP contribution >= 0.6 is 11.8 Å². The summed E-state index contributed by atoms with van der Waals surface area (Å²) in [7, 11) is 0. The van der Waals surface area contributed by atoms with E-state index in [2.05, 4.69) is 9.73 Å². The van der Waals surface area contributed by atoms with Gasteiger partial charge in [-0.15, -0.1) is 24.9 Å². The highest BCUT2D eigenvalue weighted by atomic mass is 32.2. The summed E-state index contributed by atoms with van der Waals surface area (Å²) in [5, 5.41) is 9.49. The average molecular weight is 656 g/mol. The molecular formula is C31H24F3N3O8S. The number of carbonyl (C=O) groups is 3. The number of β-lactam (4-membered cyclic amide) rings is 1. The fraction of sp³-hybridized carbons (Fsp3) is 0.226. The van der Waals surface area contributed by atoms with Gasteiger partial charge in [-0.25, -0.2) is 9.79 Å². The lowest BCUT2D eigenvalue weighted by Crippen LogP contribution is -2.75. The molecule has 2 aliphatic rings. The van der Waals surface area contributed by atoms with Crippen molar-refractivity contribution in [1.82, 2.24) is 4.90 Å². The highest BCUT2D eigenvalue weighted by molar-refractivity contribution is 8.00. The number of hydrogen-bond donors (Lipinski definition) is 0. The summed E-state index contributed by atoms with van der Waals surface area (Å²) in [6, 6.07) is 22.1. The first-order chi connectivity index (χ1) is 21.9. The van der Waals surface area contributed by atoms with E-state index in [0.29, 0.717) is 11.1 Å². The average Bonchev–Trinajstić information content (AvgIpc) is 3.04. The number of esters is 2. The Bertz CT molecular complexity index is 1660. The molecule has 0 saturated carbocycles. The van der Waals surface area contributed by atoms with Crippen LogP contribution in [0.15, 0.2) is 101 Å². The third-order valence-electron chi connectivity index (χ3n) is 6.94. The van der Waals surface area contributed by atoms with Crippen LogP contribution in [0.3, 0.4) is 0 Å². The molecule has 11 nitrogen and oxygen atoms in total. The molecular weight excluding hydrogens is 631 g/mol. The van der Waals surface area contributed by atoms with Crippen molar-refractivity contribution in [2.24, 2.45) is 4.99 Å². The van der Waals surface area contributed by atoms with Crippen molar-refractivity contribution in [3.8, 4) is 0 Å². The predicted octanol–water partition coefficient (Wildman–Crippen LogP) is 5.31. The number of halogens is 3. The number of nitro groups is 1. The van der Waals surface area contributed by atoms with Crippen molar-refractivity contribution in [2.45, 2.75) is 30.5 Å². The van der Waals surface area contributed by atoms with Gasteiger partial charge in [0.1, 0.15) is 17.7 Å². The minimum atomic E-state index is -5.32. The second kappa shape index (κ2) is 13.1. The number of ether oxygens (including phenoxy) is 3. The van der Waals surface area contributed by atoms with Gasteiger partial charge in [0.25, 0.3) is 17.3 Å². The minimum absolute atomic E-state index is 0.134. The zero-order chi connectivity index (χ0) is 33.1. The number of thioether (sulfide) groups is 1. The molecule has 1 saturated heterocycles. The van der Waals surface area contributed by atoms with Crippen molar-refractivity contribution in [3.05, 3.63) is 123 Å². The van der Waals surface area contributed by atoms with Crippen LogP contribution in [-0.2, 0) is 28.6 Å². The Hall–Kier alpha value is -5.02. The number of fused-ring (bicyclic) bond motifs is 1. The minimum Gasteiger partial charge on any atom is -0.461 e. The van der Waals surface area contributed by atoms with Gasteiger partial charge in [0.2, 0.25) is 0 Å². The highest BCUT2D eigenvalue weighted by Gasteiger charge is 2.69. The molecule has 0 aromatic heterocycles. The lowest BCUT2D eigenvalue weighted by molar-refractivity contribution is -0.384. The van der Waals surface area contributed by atoms with E-state index in [4.69, 9.17) is 9.47 Å². The number of nitro benzene ring substituents is 1. The summed E-state index contributed by atoms with van der Waals surface area (Å²) >= 11 is 0.819. The van der Waals surface area contributed by atoms with Crippen LogP contribution in [0, 0.1) is 10.1 Å². The van der Waals surface area contributed by atoms with Crippen LogP contribution in [0.4, 0.5) is 18.9 Å². The predicted molar refractivity (Wildman–Crippen MR) is 158 cm³/mol. The van der Waals surface area contributed by atoms with E-state index in [1.165, 1.54) is 12.1 Å². The van der Waals surface area contributed by atoms with E-state index >= 15 is 0 Å². The van der Waals surface area contributed by atoms with Gasteiger partial charge in [0.15, 0.2) is 6.10 Å². The van der Waals surface area contributed by atoms with Gasteiger partial charge >= 0.3 is 18.3 Å². The Morgan fingerprint density at radius 3 is 2.17 bits per heavy atom. The Morgan fingerprint density at radius 1 is 1.07 bits per heavy atom. The van der Waals surface area contributed by atoms with Crippen LogP contribution in [0.5, 0.6) is 0 Å². The van der Waals surface area contributed by atoms with Crippen molar-refractivity contribution in [1.29, 1.82) is 0 Å². The number of non-ortho nitro benzene ring substituents is 1. The summed E-state index contributed by atoms with van der Waals surface area (Å²) in [5.41, 5.74) is -2.02. The molecule has 2 heterocycles. The molecule has 0 aliphatic carbocycles. The van der Waals surface area contributed by atoms with Gasteiger partial charge in [-0.3, -0.25) is 29.3 Å². The Morgan fingerprint density at radius 2 is 1.65 bits per heavy atom. The Labute approximate surface area is 263 Å². The summed E-state index contributed by atoms with van der Waals surface area (Å²) in [6.45, 7) is 0.714. The molecule has 2 atom stereocenters. The quantitative estimate of drug-likeness (QED) is 0.0935. The molecule has 0 bridgehead atoms. The van der Waals surface area contributed by atoms with Crippen molar-refractivity contribution < 1.29 is 46.7 Å². The molecule has 0 radical (unpaired) electrons. The summed E-state index contributed by atoms with van der Waals surface area (Å²) < 4.78 is 56.6. The van der Waals surface area contributed by atoms with Crippen molar-refractivity contribution in [2.75, 3.05) is 12.4 Å². The Kier molecular flexibility index (Phi) is 9.25. The van der Waals surface area contributed by atoms with Crippen LogP contribution in [0.25, 0.3) is 0 Å². The molecule has 238 valence electrons. The first kappa shape index (κ1) is 32.4. The number of amides is 1. The molecule has 1 amide bonds. The molecule has 1 fully saturated rings. The van der Waals surface area contributed by atoms with Gasteiger partial charge in [-0.05, 0) is 28.8 Å². The normalized spacial score (nSPS) is 19.5. The largest absolute Gasteiger partial charge is 0.525 e. The number of nitrogens with zero attached hydrogens (tertiary/aromatic N) is 3. The summed E-state index contributed by atoms with van der Waals surface area (Å²) in [5.74, 6) is -3.18. The van der Waals surface area contributed by atoms with Gasteiger partial charge in [-0.1, -0.05) is 60.7 Å². The first-order valence-corrected chi connectivity index (χ1v) is 14.6. The maximum atomic E-state index is 13.9. The number of hydrogen-bond acceptors (Lipinski definition) is 10. The fourth-order valence-electron chi connectivity index (χ4n) is 4.87. The van der Waals surface area contributed by atoms with Crippen molar-refractivity contribution >= 4 is 41.5 Å². The van der Waals surface area contributed by atoms with Gasteiger partial charge in [-0.2, -0.15) is 0 Å². The van der Waals surface area contributed by atoms with E-state index in [0.717, 1.165) is 41.9 Å². The maximum absolute atomic E-state index is 13.9. The number of alkyl halides is 3. The zero-order valence-electron chi connectivity index (χ0n) is 23.9. The zero-order valence-corrected chi connectivity index (χ0v) is 24.7. The maximum Gasteiger partial charge on any atom is 0.525 e. The smallest absolute Gasteiger partial charge is 0.461 e. The third-order valence-corrected chi connectivity index (χ3v) is 8.30. The molecule has 1 unspecified atom stereocenters. The standard InChI is InChI=1S/C31H24F3N3O8S/c1-19(38)43-17-23-18-46-29-30(45-31(32,33)34,35-16-20-12-14-24(15-13-20)37(41)42)28(40)36(29)25(23)27(39)44-26(21-8-4-2-5-9-21)22-10-6-3-7-11-22/h2-16,26,29H,17-18H2,1H3/t29-,30?/m1/s1. The third kappa shape index (κ3) is 6.79. The number of aliphatic imine (C=N–C) groups is 1. The van der Waals surface area contributed by atoms with Crippen LogP contribution in [-0.4, -0.2) is 63.7 Å². The monoisotopic (exact) mass is 655 g/mol. The number of benzene rings is 3. The topological polar surface area (TPSA) is 138 Å². The van der Waals surface area contributed by atoms with E-state index in [1.54, 1.807) is 60.7 Å². The number of carbonyl (C=O) groups excluding carboxylic acids is 3. The Balaban J connectivity index is 1.52. The molecule has 15 heteroatoms. The van der Waals surface area contributed by atoms with Crippen LogP contribution in [0.1, 0.15) is 29.7 Å². The second-order valence-corrected chi connectivity index (χ2v) is 11.1. The first-order valence-electron chi connectivity index (χ1n) is 13.6. The fourth-order valence-corrected chi connectivity index (χ4v) is 6.24. The van der Waals surface area contributed by atoms with Gasteiger partial charge < -0.3 is 9.47 Å². The lowest BCUT2D eigenvalue weighted by Gasteiger charge is -2.54. The van der Waals surface area contributed by atoms with E-state index < -0.39 is 58.6 Å². The van der Waals surface area contributed by atoms with E-state index in [1.807, 2.05) is 0 Å². The second-order valence-electron chi connectivity index (χ2n) is 10.0. The highest BCUT2D eigenvalue weighted by Crippen LogP contribution is 2.51. The van der Waals surface area contributed by atoms with Crippen LogP contribution in [0.2, 0.25) is 0 Å². The molecule has 0 spiro atoms.